The van der Waals surface area contributed by atoms with Gasteiger partial charge in [-0.25, -0.2) is 17.6 Å². The van der Waals surface area contributed by atoms with Crippen LogP contribution in [0.2, 0.25) is 5.02 Å². The first-order valence-electron chi connectivity index (χ1n) is 6.81. The predicted molar refractivity (Wildman–Crippen MR) is 87.7 cm³/mol. The Kier molecular flexibility index (Phi) is 5.09. The molecule has 0 aliphatic heterocycles. The molecular weight excluding hydrogens is 363 g/mol. The number of nitrogens with one attached hydrogen (secondary N) is 1. The van der Waals surface area contributed by atoms with Crippen molar-refractivity contribution in [2.24, 2.45) is 7.05 Å². The zero-order valence-corrected chi connectivity index (χ0v) is 14.4. The fraction of sp³-hybridized carbons (Fsp3) is 0.308. The van der Waals surface area contributed by atoms with Crippen molar-refractivity contribution >= 4 is 27.3 Å². The van der Waals surface area contributed by atoms with Gasteiger partial charge >= 0.3 is 5.69 Å². The summed E-state index contributed by atoms with van der Waals surface area (Å²) in [4.78, 5) is 23.4. The summed E-state index contributed by atoms with van der Waals surface area (Å²) in [5, 5.41) is 3.41. The van der Waals surface area contributed by atoms with Crippen LogP contribution in [0.1, 0.15) is 13.3 Å². The highest BCUT2D eigenvalue weighted by molar-refractivity contribution is 7.92. The van der Waals surface area contributed by atoms with E-state index in [2.05, 4.69) is 9.82 Å². The van der Waals surface area contributed by atoms with Crippen molar-refractivity contribution in [3.63, 3.8) is 0 Å². The van der Waals surface area contributed by atoms with Gasteiger partial charge in [0.25, 0.3) is 5.56 Å². The summed E-state index contributed by atoms with van der Waals surface area (Å²) in [6.45, 7) is 1.69. The zero-order chi connectivity index (χ0) is 18.1. The average molecular weight is 377 g/mol. The molecule has 2 aromatic rings. The number of sulfonamides is 1. The lowest BCUT2D eigenvalue weighted by atomic mass is 10.2. The predicted octanol–water partition coefficient (Wildman–Crippen LogP) is 0.875. The standard InChI is InChI=1S/C13H14ClFN4O4S/c1-3-4-24(22,23)17-10-6-11(9(15)5-8(10)14)19-13(21)18(2)12(20)7-16-19/h5-7,17H,3-4H2,1-2H3. The molecule has 0 radical (unpaired) electrons. The van der Waals surface area contributed by atoms with E-state index in [1.807, 2.05) is 0 Å². The minimum Gasteiger partial charge on any atom is -0.282 e. The Bertz CT molecular complexity index is 1000. The van der Waals surface area contributed by atoms with E-state index in [1.165, 1.54) is 7.05 Å². The maximum atomic E-state index is 14.2. The molecule has 0 spiro atoms. The van der Waals surface area contributed by atoms with E-state index >= 15 is 0 Å². The summed E-state index contributed by atoms with van der Waals surface area (Å²) in [6.07, 6.45) is 1.22. The highest BCUT2D eigenvalue weighted by Crippen LogP contribution is 2.27. The molecular formula is C13H14ClFN4O4S. The molecule has 2 rings (SSSR count). The molecule has 24 heavy (non-hydrogen) atoms. The molecule has 1 heterocycles. The molecule has 0 aliphatic carbocycles. The number of halogens is 2. The number of benzene rings is 1. The SMILES string of the molecule is CCCS(=O)(=O)Nc1cc(-n2ncc(=O)n(C)c2=O)c(F)cc1Cl. The van der Waals surface area contributed by atoms with Crippen molar-refractivity contribution in [2.45, 2.75) is 13.3 Å². The van der Waals surface area contributed by atoms with Crippen LogP contribution in [0.5, 0.6) is 0 Å². The molecule has 0 aliphatic rings. The highest BCUT2D eigenvalue weighted by Gasteiger charge is 2.17. The van der Waals surface area contributed by atoms with E-state index in [4.69, 9.17) is 11.6 Å². The van der Waals surface area contributed by atoms with Gasteiger partial charge in [0.2, 0.25) is 10.0 Å². The van der Waals surface area contributed by atoms with Gasteiger partial charge in [0.15, 0.2) is 5.82 Å². The largest absolute Gasteiger partial charge is 0.352 e. The van der Waals surface area contributed by atoms with Crippen LogP contribution in [-0.4, -0.2) is 28.5 Å². The maximum Gasteiger partial charge on any atom is 0.352 e. The minimum absolute atomic E-state index is 0.0935. The third-order valence-electron chi connectivity index (χ3n) is 3.09. The number of anilines is 1. The lowest BCUT2D eigenvalue weighted by Crippen LogP contribution is -2.38. The topological polar surface area (TPSA) is 103 Å². The average Bonchev–Trinajstić information content (AvgIpc) is 2.48. The van der Waals surface area contributed by atoms with Gasteiger partial charge in [-0.05, 0) is 18.6 Å². The van der Waals surface area contributed by atoms with Crippen LogP contribution in [0.15, 0.2) is 27.9 Å². The summed E-state index contributed by atoms with van der Waals surface area (Å²) in [5.74, 6) is -1.04. The molecule has 1 aromatic heterocycles. The molecule has 0 saturated carbocycles. The lowest BCUT2D eigenvalue weighted by molar-refractivity contribution is 0.585. The second-order valence-corrected chi connectivity index (χ2v) is 7.19. The van der Waals surface area contributed by atoms with Crippen molar-refractivity contribution in [1.29, 1.82) is 0 Å². The van der Waals surface area contributed by atoms with Crippen LogP contribution in [-0.2, 0) is 17.1 Å². The Morgan fingerprint density at radius 3 is 2.62 bits per heavy atom. The van der Waals surface area contributed by atoms with E-state index in [9.17, 15) is 22.4 Å². The number of nitrogens with zero attached hydrogens (tertiary/aromatic N) is 3. The van der Waals surface area contributed by atoms with Crippen LogP contribution < -0.4 is 16.0 Å². The van der Waals surface area contributed by atoms with Gasteiger partial charge in [0.05, 0.1) is 16.5 Å². The van der Waals surface area contributed by atoms with Crippen LogP contribution in [0.25, 0.3) is 5.69 Å². The fourth-order valence-electron chi connectivity index (χ4n) is 1.91. The first kappa shape index (κ1) is 18.1. The van der Waals surface area contributed by atoms with Crippen LogP contribution >= 0.6 is 11.6 Å². The minimum atomic E-state index is -3.66. The van der Waals surface area contributed by atoms with E-state index in [1.54, 1.807) is 6.92 Å². The highest BCUT2D eigenvalue weighted by atomic mass is 35.5. The molecule has 0 atom stereocenters. The van der Waals surface area contributed by atoms with Crippen molar-refractivity contribution in [3.05, 3.63) is 50.0 Å². The van der Waals surface area contributed by atoms with Gasteiger partial charge in [-0.1, -0.05) is 18.5 Å². The Morgan fingerprint density at radius 1 is 1.33 bits per heavy atom. The second kappa shape index (κ2) is 6.73. The van der Waals surface area contributed by atoms with Crippen molar-refractivity contribution in [1.82, 2.24) is 14.3 Å². The van der Waals surface area contributed by atoms with Crippen LogP contribution in [0, 0.1) is 5.82 Å². The summed E-state index contributed by atoms with van der Waals surface area (Å²) in [6, 6.07) is 1.91. The monoisotopic (exact) mass is 376 g/mol. The molecule has 1 N–H and O–H groups in total. The Morgan fingerprint density at radius 2 is 2.00 bits per heavy atom. The van der Waals surface area contributed by atoms with Gasteiger partial charge in [0.1, 0.15) is 11.9 Å². The molecule has 8 nitrogen and oxygen atoms in total. The molecule has 11 heteroatoms. The Hall–Kier alpha value is -2.20. The summed E-state index contributed by atoms with van der Waals surface area (Å²) < 4.78 is 41.5. The van der Waals surface area contributed by atoms with Crippen molar-refractivity contribution in [2.75, 3.05) is 10.5 Å². The quantitative estimate of drug-likeness (QED) is 0.834. The molecule has 130 valence electrons. The number of rotatable bonds is 5. The molecule has 0 amide bonds. The maximum absolute atomic E-state index is 14.2. The molecule has 0 saturated heterocycles. The molecule has 1 aromatic carbocycles. The summed E-state index contributed by atoms with van der Waals surface area (Å²) >= 11 is 5.86. The molecule has 0 fully saturated rings. The van der Waals surface area contributed by atoms with E-state index in [0.717, 1.165) is 22.9 Å². The summed E-state index contributed by atoms with van der Waals surface area (Å²) in [7, 11) is -2.45. The van der Waals surface area contributed by atoms with E-state index < -0.39 is 27.1 Å². The van der Waals surface area contributed by atoms with E-state index in [-0.39, 0.29) is 22.2 Å². The van der Waals surface area contributed by atoms with Gasteiger partial charge in [-0.2, -0.15) is 9.78 Å². The lowest BCUT2D eigenvalue weighted by Gasteiger charge is -2.12. The third-order valence-corrected chi connectivity index (χ3v) is 4.87. The number of hydrogen-bond acceptors (Lipinski definition) is 5. The van der Waals surface area contributed by atoms with Gasteiger partial charge in [0, 0.05) is 7.05 Å². The second-order valence-electron chi connectivity index (χ2n) is 4.94. The van der Waals surface area contributed by atoms with Gasteiger partial charge in [-0.3, -0.25) is 14.1 Å². The molecule has 0 bridgehead atoms. The van der Waals surface area contributed by atoms with E-state index in [0.29, 0.717) is 11.1 Å². The number of hydrogen-bond donors (Lipinski definition) is 1. The smallest absolute Gasteiger partial charge is 0.282 e. The van der Waals surface area contributed by atoms with Crippen LogP contribution in [0.4, 0.5) is 10.1 Å². The Labute approximate surface area is 141 Å². The first-order valence-corrected chi connectivity index (χ1v) is 8.84. The third kappa shape index (κ3) is 3.65. The Balaban J connectivity index is 2.62. The fourth-order valence-corrected chi connectivity index (χ4v) is 3.31. The zero-order valence-electron chi connectivity index (χ0n) is 12.8. The van der Waals surface area contributed by atoms with Gasteiger partial charge in [-0.15, -0.1) is 0 Å². The normalized spacial score (nSPS) is 11.5. The van der Waals surface area contributed by atoms with Crippen molar-refractivity contribution in [3.8, 4) is 5.69 Å². The summed E-state index contributed by atoms with van der Waals surface area (Å²) in [5.41, 5.74) is -1.97. The van der Waals surface area contributed by atoms with Crippen LogP contribution in [0.3, 0.4) is 0 Å². The number of aromatic nitrogens is 3. The first-order chi connectivity index (χ1) is 11.2. The van der Waals surface area contributed by atoms with Gasteiger partial charge < -0.3 is 0 Å². The van der Waals surface area contributed by atoms with Crippen molar-refractivity contribution < 1.29 is 12.8 Å². The molecule has 0 unspecified atom stereocenters.